The molecule has 2 aromatic rings. The molecule has 9 nitrogen and oxygen atoms in total. The molecule has 3 N–H and O–H groups in total. The monoisotopic (exact) mass is 315 g/mol. The summed E-state index contributed by atoms with van der Waals surface area (Å²) < 4.78 is 5.66. The molecule has 0 spiro atoms. The van der Waals surface area contributed by atoms with Crippen LogP contribution in [0.15, 0.2) is 22.7 Å². The first-order valence-electron chi connectivity index (χ1n) is 7.18. The number of aromatic nitrogens is 1. The Bertz CT molecular complexity index is 830. The minimum Gasteiger partial charge on any atom is -0.458 e. The number of rotatable bonds is 2. The molecule has 2 aliphatic heterocycles. The lowest BCUT2D eigenvalue weighted by molar-refractivity contribution is -0.120. The van der Waals surface area contributed by atoms with Gasteiger partial charge in [-0.25, -0.2) is 14.6 Å². The molecule has 23 heavy (non-hydrogen) atoms. The number of carbonyl (C=O) groups excluding carboxylic acids is 3. The molecule has 0 radical (unpaired) electrons. The summed E-state index contributed by atoms with van der Waals surface area (Å²) in [5.74, 6) is 0.346. The Kier molecular flexibility index (Phi) is 2.93. The van der Waals surface area contributed by atoms with Gasteiger partial charge in [-0.1, -0.05) is 0 Å². The first-order valence-corrected chi connectivity index (χ1v) is 7.18. The number of urea groups is 2. The lowest BCUT2D eigenvalue weighted by Crippen LogP contribution is -2.46. The largest absolute Gasteiger partial charge is 0.458 e. The number of furan rings is 1. The molecule has 5 amide bonds. The Labute approximate surface area is 130 Å². The van der Waals surface area contributed by atoms with Crippen molar-refractivity contribution < 1.29 is 18.8 Å². The van der Waals surface area contributed by atoms with E-state index in [-0.39, 0.29) is 6.03 Å². The van der Waals surface area contributed by atoms with Gasteiger partial charge in [-0.2, -0.15) is 0 Å². The van der Waals surface area contributed by atoms with E-state index in [0.29, 0.717) is 35.6 Å². The van der Waals surface area contributed by atoms with Crippen LogP contribution in [-0.2, 0) is 4.79 Å². The zero-order chi connectivity index (χ0) is 16.0. The van der Waals surface area contributed by atoms with Crippen molar-refractivity contribution in [2.24, 2.45) is 0 Å². The molecule has 118 valence electrons. The maximum Gasteiger partial charge on any atom is 0.323 e. The van der Waals surface area contributed by atoms with Gasteiger partial charge in [0.05, 0.1) is 0 Å². The van der Waals surface area contributed by atoms with Gasteiger partial charge in [0.15, 0.2) is 6.04 Å². The van der Waals surface area contributed by atoms with Crippen LogP contribution in [0, 0.1) is 0 Å². The second kappa shape index (κ2) is 4.97. The van der Waals surface area contributed by atoms with Crippen LogP contribution in [0.4, 0.5) is 15.4 Å². The molecule has 2 fully saturated rings. The predicted octanol–water partition coefficient (Wildman–Crippen LogP) is 0.628. The van der Waals surface area contributed by atoms with Crippen LogP contribution in [-0.4, -0.2) is 36.0 Å². The van der Waals surface area contributed by atoms with E-state index in [1.807, 2.05) is 0 Å². The fraction of sp³-hybridized carbons (Fsp3) is 0.286. The highest BCUT2D eigenvalue weighted by atomic mass is 16.3. The van der Waals surface area contributed by atoms with Crippen molar-refractivity contribution in [1.29, 1.82) is 0 Å². The van der Waals surface area contributed by atoms with Gasteiger partial charge >= 0.3 is 12.1 Å². The average Bonchev–Trinajstić information content (AvgIpc) is 3.09. The van der Waals surface area contributed by atoms with E-state index in [9.17, 15) is 14.4 Å². The number of amides is 5. The van der Waals surface area contributed by atoms with Gasteiger partial charge in [-0.15, -0.1) is 0 Å². The molecule has 0 aromatic carbocycles. The van der Waals surface area contributed by atoms with E-state index >= 15 is 0 Å². The van der Waals surface area contributed by atoms with E-state index in [1.165, 1.54) is 4.90 Å². The molecule has 0 bridgehead atoms. The van der Waals surface area contributed by atoms with Crippen LogP contribution in [0.1, 0.15) is 18.2 Å². The fourth-order valence-corrected chi connectivity index (χ4v) is 2.70. The minimum absolute atomic E-state index is 0.197. The first kappa shape index (κ1) is 13.6. The molecule has 2 aliphatic rings. The Balaban J connectivity index is 1.68. The molecular weight excluding hydrogens is 302 g/mol. The van der Waals surface area contributed by atoms with Crippen LogP contribution >= 0.6 is 0 Å². The van der Waals surface area contributed by atoms with Crippen LogP contribution < -0.4 is 20.9 Å². The number of hydrogen-bond acceptors (Lipinski definition) is 5. The zero-order valence-electron chi connectivity index (χ0n) is 12.0. The highest BCUT2D eigenvalue weighted by molar-refractivity contribution is 6.04. The van der Waals surface area contributed by atoms with Gasteiger partial charge < -0.3 is 15.1 Å². The number of fused-ring (bicyclic) bond motifs is 1. The van der Waals surface area contributed by atoms with Crippen molar-refractivity contribution in [3.8, 4) is 0 Å². The number of carbonyl (C=O) groups is 3. The van der Waals surface area contributed by atoms with Crippen molar-refractivity contribution in [3.05, 3.63) is 24.1 Å². The number of anilines is 1. The second-order valence-corrected chi connectivity index (χ2v) is 5.36. The lowest BCUT2D eigenvalue weighted by atomic mass is 10.2. The number of imide groups is 1. The van der Waals surface area contributed by atoms with Crippen molar-refractivity contribution >= 4 is 34.8 Å². The number of nitrogens with one attached hydrogen (secondary N) is 3. The Morgan fingerprint density at radius 1 is 1.26 bits per heavy atom. The molecule has 2 saturated heterocycles. The van der Waals surface area contributed by atoms with Gasteiger partial charge in [-0.05, 0) is 12.5 Å². The smallest absolute Gasteiger partial charge is 0.323 e. The maximum atomic E-state index is 11.9. The minimum atomic E-state index is -0.850. The molecule has 9 heteroatoms. The van der Waals surface area contributed by atoms with E-state index in [0.717, 1.165) is 6.42 Å². The molecule has 2 aromatic heterocycles. The highest BCUT2D eigenvalue weighted by Crippen LogP contribution is 2.28. The lowest BCUT2D eigenvalue weighted by Gasteiger charge is -2.26. The molecule has 1 atom stereocenters. The molecule has 1 unspecified atom stereocenters. The number of pyridine rings is 1. The van der Waals surface area contributed by atoms with E-state index in [1.54, 1.807) is 18.3 Å². The molecule has 4 heterocycles. The SMILES string of the molecule is O=C1NC(=O)C(c2cc3cnc(N4CCCNC4=O)cc3o2)N1. The van der Waals surface area contributed by atoms with Gasteiger partial charge in [0, 0.05) is 30.7 Å². The third-order valence-corrected chi connectivity index (χ3v) is 3.82. The van der Waals surface area contributed by atoms with E-state index in [2.05, 4.69) is 20.9 Å². The third-order valence-electron chi connectivity index (χ3n) is 3.82. The summed E-state index contributed by atoms with van der Waals surface area (Å²) in [6, 6.07) is 1.70. The molecular formula is C14H13N5O4. The Hall–Kier alpha value is -3.10. The van der Waals surface area contributed by atoms with Crippen LogP contribution in [0.2, 0.25) is 0 Å². The Morgan fingerprint density at radius 3 is 2.87 bits per heavy atom. The summed E-state index contributed by atoms with van der Waals surface area (Å²) in [6.45, 7) is 1.23. The van der Waals surface area contributed by atoms with Crippen LogP contribution in [0.3, 0.4) is 0 Å². The van der Waals surface area contributed by atoms with Crippen molar-refractivity contribution in [2.75, 3.05) is 18.0 Å². The van der Waals surface area contributed by atoms with Crippen molar-refractivity contribution in [1.82, 2.24) is 20.9 Å². The molecule has 4 rings (SSSR count). The van der Waals surface area contributed by atoms with E-state index < -0.39 is 18.0 Å². The predicted molar refractivity (Wildman–Crippen MR) is 78.8 cm³/mol. The second-order valence-electron chi connectivity index (χ2n) is 5.36. The average molecular weight is 315 g/mol. The third kappa shape index (κ3) is 2.26. The molecule has 0 aliphatic carbocycles. The van der Waals surface area contributed by atoms with Crippen molar-refractivity contribution in [3.63, 3.8) is 0 Å². The normalized spacial score (nSPS) is 21.3. The summed E-state index contributed by atoms with van der Waals surface area (Å²) in [4.78, 5) is 40.6. The summed E-state index contributed by atoms with van der Waals surface area (Å²) in [5, 5.41) is 8.08. The van der Waals surface area contributed by atoms with Gasteiger partial charge in [0.25, 0.3) is 5.91 Å². The fourth-order valence-electron chi connectivity index (χ4n) is 2.70. The van der Waals surface area contributed by atoms with Gasteiger partial charge in [0.2, 0.25) is 0 Å². The van der Waals surface area contributed by atoms with Crippen LogP contribution in [0.5, 0.6) is 0 Å². The van der Waals surface area contributed by atoms with Crippen LogP contribution in [0.25, 0.3) is 11.0 Å². The van der Waals surface area contributed by atoms with Gasteiger partial charge in [0.1, 0.15) is 17.2 Å². The Morgan fingerprint density at radius 2 is 2.13 bits per heavy atom. The number of hydrogen-bond donors (Lipinski definition) is 3. The summed E-state index contributed by atoms with van der Waals surface area (Å²) >= 11 is 0. The summed E-state index contributed by atoms with van der Waals surface area (Å²) in [5.41, 5.74) is 0.498. The highest BCUT2D eigenvalue weighted by Gasteiger charge is 2.33. The summed E-state index contributed by atoms with van der Waals surface area (Å²) in [6.07, 6.45) is 2.41. The molecule has 0 saturated carbocycles. The first-order chi connectivity index (χ1) is 11.1. The zero-order valence-corrected chi connectivity index (χ0v) is 12.0. The quantitative estimate of drug-likeness (QED) is 0.703. The van der Waals surface area contributed by atoms with Gasteiger partial charge in [-0.3, -0.25) is 15.0 Å². The topological polar surface area (TPSA) is 117 Å². The maximum absolute atomic E-state index is 11.9. The van der Waals surface area contributed by atoms with E-state index in [4.69, 9.17) is 4.42 Å². The number of nitrogens with zero attached hydrogens (tertiary/aromatic N) is 2. The van der Waals surface area contributed by atoms with Crippen molar-refractivity contribution in [2.45, 2.75) is 12.5 Å². The standard InChI is InChI=1S/C14H13N5O4/c20-12-11(17-13(21)18-12)9-4-7-6-16-10(5-8(7)23-9)19-3-1-2-15-14(19)22/h4-6,11H,1-3H2,(H,15,22)(H2,17,18,20,21). The summed E-state index contributed by atoms with van der Waals surface area (Å²) in [7, 11) is 0.